The predicted octanol–water partition coefficient (Wildman–Crippen LogP) is 14.6. The zero-order valence-corrected chi connectivity index (χ0v) is 33.6. The molecule has 9 aromatic carbocycles. The summed E-state index contributed by atoms with van der Waals surface area (Å²) in [6, 6.07) is 64.7. The van der Waals surface area contributed by atoms with Crippen LogP contribution in [0, 0.1) is 12.3 Å². The van der Waals surface area contributed by atoms with Crippen LogP contribution in [0.4, 0.5) is 0 Å². The van der Waals surface area contributed by atoms with Gasteiger partial charge in [-0.15, -0.1) is 6.42 Å². The van der Waals surface area contributed by atoms with Crippen LogP contribution >= 0.6 is 0 Å². The Morgan fingerprint density at radius 1 is 0.397 bits per heavy atom. The highest BCUT2D eigenvalue weighted by molar-refractivity contribution is 6.15. The first-order valence-corrected chi connectivity index (χ1v) is 20.9. The molecule has 0 aliphatic rings. The van der Waals surface area contributed by atoms with Crippen molar-refractivity contribution < 1.29 is 8.83 Å². The maximum absolute atomic E-state index is 6.76. The first-order valence-electron chi connectivity index (χ1n) is 20.9. The zero-order chi connectivity index (χ0) is 41.6. The van der Waals surface area contributed by atoms with E-state index in [0.717, 1.165) is 116 Å². The standard InChI is InChI=1S/C57H32N4O2/c1-2-34-13-8-10-21-48(34)61-49-27-24-39(30-45(49)46-29-36-16-6-7-17-37(36)32-50(46)61)55-58-56(40-25-28-52-47(31-40)41-18-9-11-22-51(41)62-52)60-57(59-55)44-20-12-19-43-42-26-23-38(33-53(42)63-54(43)44)35-14-4-3-5-15-35/h1,3-33H. The summed E-state index contributed by atoms with van der Waals surface area (Å²) in [5.74, 6) is 4.51. The minimum absolute atomic E-state index is 0.511. The van der Waals surface area contributed by atoms with Gasteiger partial charge in [0.1, 0.15) is 22.3 Å². The van der Waals surface area contributed by atoms with E-state index in [2.05, 4.69) is 132 Å². The number of hydrogen-bond donors (Lipinski definition) is 0. The molecule has 0 spiro atoms. The van der Waals surface area contributed by atoms with E-state index < -0.39 is 0 Å². The fourth-order valence-electron chi connectivity index (χ4n) is 9.30. The van der Waals surface area contributed by atoms with Gasteiger partial charge in [0.05, 0.1) is 22.3 Å². The summed E-state index contributed by atoms with van der Waals surface area (Å²) in [7, 11) is 0. The molecule has 0 aliphatic heterocycles. The molecule has 0 saturated carbocycles. The Kier molecular flexibility index (Phi) is 7.57. The third kappa shape index (κ3) is 5.51. The van der Waals surface area contributed by atoms with Gasteiger partial charge in [-0.2, -0.15) is 0 Å². The van der Waals surface area contributed by atoms with Gasteiger partial charge in [-0.05, 0) is 107 Å². The Balaban J connectivity index is 1.05. The second-order valence-corrected chi connectivity index (χ2v) is 15.9. The largest absolute Gasteiger partial charge is 0.456 e. The smallest absolute Gasteiger partial charge is 0.167 e. The lowest BCUT2D eigenvalue weighted by Gasteiger charge is -2.11. The highest BCUT2D eigenvalue weighted by Gasteiger charge is 2.21. The van der Waals surface area contributed by atoms with Crippen LogP contribution in [0.5, 0.6) is 0 Å². The second kappa shape index (κ2) is 13.6. The van der Waals surface area contributed by atoms with Crippen molar-refractivity contribution in [2.24, 2.45) is 0 Å². The Labute approximate surface area is 360 Å². The van der Waals surface area contributed by atoms with Gasteiger partial charge < -0.3 is 13.4 Å². The van der Waals surface area contributed by atoms with Crippen molar-refractivity contribution in [2.45, 2.75) is 0 Å². The van der Waals surface area contributed by atoms with Crippen LogP contribution in [0.1, 0.15) is 5.56 Å². The van der Waals surface area contributed by atoms with Crippen LogP contribution in [0.15, 0.2) is 197 Å². The zero-order valence-electron chi connectivity index (χ0n) is 33.6. The molecule has 0 aliphatic carbocycles. The van der Waals surface area contributed by atoms with E-state index in [1.165, 1.54) is 0 Å². The van der Waals surface area contributed by atoms with Crippen LogP contribution in [0.2, 0.25) is 0 Å². The average molecular weight is 805 g/mol. The fraction of sp³-hybridized carbons (Fsp3) is 0. The number of benzene rings is 9. The third-order valence-electron chi connectivity index (χ3n) is 12.3. The maximum Gasteiger partial charge on any atom is 0.167 e. The predicted molar refractivity (Wildman–Crippen MR) is 256 cm³/mol. The van der Waals surface area contributed by atoms with E-state index in [1.807, 2.05) is 66.7 Å². The van der Waals surface area contributed by atoms with Gasteiger partial charge in [0.15, 0.2) is 17.5 Å². The lowest BCUT2D eigenvalue weighted by atomic mass is 10.0. The number of furan rings is 2. The van der Waals surface area contributed by atoms with E-state index >= 15 is 0 Å². The maximum atomic E-state index is 6.76. The van der Waals surface area contributed by atoms with Crippen LogP contribution in [0.3, 0.4) is 0 Å². The molecule has 0 N–H and O–H groups in total. The molecule has 6 heteroatoms. The van der Waals surface area contributed by atoms with Gasteiger partial charge >= 0.3 is 0 Å². The third-order valence-corrected chi connectivity index (χ3v) is 12.3. The molecule has 13 aromatic rings. The SMILES string of the molecule is C#Cc1ccccc1-n1c2ccc(-c3nc(-c4ccc5oc6ccccc6c5c4)nc(-c4cccc5c4oc4cc(-c6ccccc6)ccc45)n3)cc2c2cc3ccccc3cc21. The van der Waals surface area contributed by atoms with Crippen LogP contribution < -0.4 is 0 Å². The molecule has 0 saturated heterocycles. The van der Waals surface area contributed by atoms with Crippen molar-refractivity contribution in [3.8, 4) is 63.3 Å². The normalized spacial score (nSPS) is 11.8. The number of terminal acetylenes is 1. The van der Waals surface area contributed by atoms with E-state index in [1.54, 1.807) is 0 Å². The molecule has 63 heavy (non-hydrogen) atoms. The Hall–Kier alpha value is -8.79. The lowest BCUT2D eigenvalue weighted by Crippen LogP contribution is -2.00. The van der Waals surface area contributed by atoms with Crippen molar-refractivity contribution in [3.63, 3.8) is 0 Å². The Bertz CT molecular complexity index is 4050. The minimum Gasteiger partial charge on any atom is -0.456 e. The van der Waals surface area contributed by atoms with Gasteiger partial charge in [-0.1, -0.05) is 109 Å². The van der Waals surface area contributed by atoms with Gasteiger partial charge in [0, 0.05) is 49.0 Å². The number of fused-ring (bicyclic) bond motifs is 10. The van der Waals surface area contributed by atoms with E-state index in [0.29, 0.717) is 17.5 Å². The lowest BCUT2D eigenvalue weighted by molar-refractivity contribution is 0.669. The quantitative estimate of drug-likeness (QED) is 0.162. The highest BCUT2D eigenvalue weighted by Crippen LogP contribution is 2.41. The van der Waals surface area contributed by atoms with Crippen LogP contribution in [0.25, 0.3) is 127 Å². The van der Waals surface area contributed by atoms with Crippen LogP contribution in [-0.2, 0) is 0 Å². The molecule has 0 bridgehead atoms. The molecule has 4 aromatic heterocycles. The molecule has 0 amide bonds. The number of para-hydroxylation sites is 3. The number of rotatable bonds is 5. The molecular weight excluding hydrogens is 773 g/mol. The van der Waals surface area contributed by atoms with Gasteiger partial charge in [0.25, 0.3) is 0 Å². The Morgan fingerprint density at radius 3 is 1.90 bits per heavy atom. The summed E-state index contributed by atoms with van der Waals surface area (Å²) in [6.07, 6.45) is 6.10. The topological polar surface area (TPSA) is 69.9 Å². The molecule has 6 nitrogen and oxygen atoms in total. The number of hydrogen-bond acceptors (Lipinski definition) is 5. The number of nitrogens with zero attached hydrogens (tertiary/aromatic N) is 4. The van der Waals surface area contributed by atoms with Crippen molar-refractivity contribution >= 4 is 76.5 Å². The van der Waals surface area contributed by atoms with Crippen LogP contribution in [-0.4, -0.2) is 19.5 Å². The van der Waals surface area contributed by atoms with Crippen molar-refractivity contribution in [1.82, 2.24) is 19.5 Å². The minimum atomic E-state index is 0.511. The summed E-state index contributed by atoms with van der Waals surface area (Å²) in [5.41, 5.74) is 11.7. The van der Waals surface area contributed by atoms with E-state index in [-0.39, 0.29) is 0 Å². The summed E-state index contributed by atoms with van der Waals surface area (Å²) in [4.78, 5) is 15.8. The first-order chi connectivity index (χ1) is 31.1. The summed E-state index contributed by atoms with van der Waals surface area (Å²) in [5, 5.41) is 8.51. The Morgan fingerprint density at radius 2 is 1.05 bits per heavy atom. The van der Waals surface area contributed by atoms with Crippen molar-refractivity contribution in [2.75, 3.05) is 0 Å². The summed E-state index contributed by atoms with van der Waals surface area (Å²) in [6.45, 7) is 0. The fourth-order valence-corrected chi connectivity index (χ4v) is 9.30. The molecule has 13 rings (SSSR count). The molecule has 0 fully saturated rings. The first kappa shape index (κ1) is 35.0. The van der Waals surface area contributed by atoms with Gasteiger partial charge in [-0.25, -0.2) is 15.0 Å². The molecule has 0 atom stereocenters. The second-order valence-electron chi connectivity index (χ2n) is 15.9. The molecule has 0 unspecified atom stereocenters. The average Bonchev–Trinajstić information content (AvgIpc) is 4.02. The van der Waals surface area contributed by atoms with Crippen molar-refractivity contribution in [1.29, 1.82) is 0 Å². The van der Waals surface area contributed by atoms with Gasteiger partial charge in [0.2, 0.25) is 0 Å². The summed E-state index contributed by atoms with van der Waals surface area (Å²) >= 11 is 0. The molecular formula is C57H32N4O2. The van der Waals surface area contributed by atoms with E-state index in [4.69, 9.17) is 30.2 Å². The van der Waals surface area contributed by atoms with E-state index in [9.17, 15) is 0 Å². The molecule has 4 heterocycles. The van der Waals surface area contributed by atoms with Crippen molar-refractivity contribution in [3.05, 3.63) is 194 Å². The molecule has 292 valence electrons. The highest BCUT2D eigenvalue weighted by atomic mass is 16.3. The van der Waals surface area contributed by atoms with Gasteiger partial charge in [-0.3, -0.25) is 0 Å². The molecule has 0 radical (unpaired) electrons. The monoisotopic (exact) mass is 804 g/mol. The summed E-state index contributed by atoms with van der Waals surface area (Å²) < 4.78 is 15.3. The number of aromatic nitrogens is 4.